The first kappa shape index (κ1) is 8.12. The van der Waals surface area contributed by atoms with Gasteiger partial charge in [0.2, 0.25) is 0 Å². The number of benzene rings is 1. The van der Waals surface area contributed by atoms with E-state index in [9.17, 15) is 0 Å². The first-order chi connectivity index (χ1) is 6.40. The van der Waals surface area contributed by atoms with Crippen molar-refractivity contribution < 1.29 is 4.74 Å². The summed E-state index contributed by atoms with van der Waals surface area (Å²) in [5.74, 6) is 1.26. The molecule has 1 saturated carbocycles. The highest BCUT2D eigenvalue weighted by Gasteiger charge is 2.32. The van der Waals surface area contributed by atoms with E-state index in [0.717, 1.165) is 18.6 Å². The van der Waals surface area contributed by atoms with E-state index < -0.39 is 0 Å². The van der Waals surface area contributed by atoms with Crippen molar-refractivity contribution in [2.24, 2.45) is 5.92 Å². The van der Waals surface area contributed by atoms with Crippen LogP contribution in [0.3, 0.4) is 0 Å². The summed E-state index contributed by atoms with van der Waals surface area (Å²) in [4.78, 5) is 0. The summed E-state index contributed by atoms with van der Waals surface area (Å²) in [6.45, 7) is 0. The number of para-hydroxylation sites is 1. The molecule has 66 valence electrons. The van der Waals surface area contributed by atoms with Crippen molar-refractivity contribution in [2.45, 2.75) is 18.9 Å². The molecule has 0 aliphatic heterocycles. The Morgan fingerprint density at radius 2 is 2.00 bits per heavy atom. The monoisotopic (exact) mass is 173 g/mol. The molecule has 1 fully saturated rings. The molecule has 2 rings (SSSR count). The van der Waals surface area contributed by atoms with Crippen molar-refractivity contribution in [1.29, 1.82) is 5.26 Å². The molecule has 0 N–H and O–H groups in total. The summed E-state index contributed by atoms with van der Waals surface area (Å²) in [7, 11) is 0. The lowest BCUT2D eigenvalue weighted by Crippen LogP contribution is -2.16. The highest BCUT2D eigenvalue weighted by atomic mass is 16.5. The van der Waals surface area contributed by atoms with Crippen LogP contribution >= 0.6 is 0 Å². The van der Waals surface area contributed by atoms with E-state index in [-0.39, 0.29) is 6.10 Å². The molecule has 0 saturated heterocycles. The van der Waals surface area contributed by atoms with Crippen molar-refractivity contribution in [3.8, 4) is 11.8 Å². The molecule has 0 aromatic heterocycles. The molecule has 0 heterocycles. The van der Waals surface area contributed by atoms with E-state index in [4.69, 9.17) is 10.00 Å². The Labute approximate surface area is 77.8 Å². The zero-order valence-electron chi connectivity index (χ0n) is 7.31. The molecular weight excluding hydrogens is 162 g/mol. The second-order valence-corrected chi connectivity index (χ2v) is 3.32. The number of ether oxygens (including phenoxy) is 1. The largest absolute Gasteiger partial charge is 0.475 e. The van der Waals surface area contributed by atoms with Crippen LogP contribution < -0.4 is 4.74 Å². The summed E-state index contributed by atoms with van der Waals surface area (Å²) in [6, 6.07) is 11.7. The molecule has 1 aliphatic carbocycles. The van der Waals surface area contributed by atoms with Crippen LogP contribution in [-0.4, -0.2) is 6.10 Å². The van der Waals surface area contributed by atoms with Crippen molar-refractivity contribution in [2.75, 3.05) is 0 Å². The third-order valence-corrected chi connectivity index (χ3v) is 2.18. The van der Waals surface area contributed by atoms with Gasteiger partial charge in [-0.25, -0.2) is 0 Å². The molecule has 1 aliphatic rings. The molecule has 2 nitrogen and oxygen atoms in total. The van der Waals surface area contributed by atoms with E-state index in [1.54, 1.807) is 0 Å². The Kier molecular flexibility index (Phi) is 2.18. The fourth-order valence-electron chi connectivity index (χ4n) is 1.27. The number of nitrogens with zero attached hydrogens (tertiary/aromatic N) is 1. The van der Waals surface area contributed by atoms with Crippen LogP contribution in [0.1, 0.15) is 12.8 Å². The van der Waals surface area contributed by atoms with Crippen LogP contribution in [0.15, 0.2) is 30.3 Å². The van der Waals surface area contributed by atoms with Crippen LogP contribution in [-0.2, 0) is 0 Å². The molecule has 1 aromatic carbocycles. The van der Waals surface area contributed by atoms with Gasteiger partial charge in [-0.05, 0) is 25.0 Å². The van der Waals surface area contributed by atoms with Crippen molar-refractivity contribution in [3.05, 3.63) is 30.3 Å². The fraction of sp³-hybridized carbons (Fsp3) is 0.364. The third kappa shape index (κ3) is 2.00. The zero-order chi connectivity index (χ0) is 9.10. The van der Waals surface area contributed by atoms with Crippen LogP contribution in [0.25, 0.3) is 0 Å². The van der Waals surface area contributed by atoms with Gasteiger partial charge in [0.05, 0.1) is 0 Å². The Morgan fingerprint density at radius 1 is 1.31 bits per heavy atom. The van der Waals surface area contributed by atoms with E-state index in [2.05, 4.69) is 6.07 Å². The number of hydrogen-bond donors (Lipinski definition) is 0. The van der Waals surface area contributed by atoms with Gasteiger partial charge in [-0.15, -0.1) is 0 Å². The predicted octanol–water partition coefficient (Wildman–Crippen LogP) is 2.37. The highest BCUT2D eigenvalue weighted by Crippen LogP contribution is 2.34. The van der Waals surface area contributed by atoms with Gasteiger partial charge in [-0.2, -0.15) is 5.26 Å². The van der Waals surface area contributed by atoms with Crippen LogP contribution in [0.4, 0.5) is 0 Å². The lowest BCUT2D eigenvalue weighted by Gasteiger charge is -2.10. The first-order valence-corrected chi connectivity index (χ1v) is 4.51. The predicted molar refractivity (Wildman–Crippen MR) is 49.2 cm³/mol. The normalized spacial score (nSPS) is 17.5. The Balaban J connectivity index is 2.00. The van der Waals surface area contributed by atoms with Crippen molar-refractivity contribution in [1.82, 2.24) is 0 Å². The topological polar surface area (TPSA) is 33.0 Å². The number of hydrogen-bond acceptors (Lipinski definition) is 2. The molecule has 13 heavy (non-hydrogen) atoms. The molecule has 1 aromatic rings. The number of rotatable bonds is 3. The van der Waals surface area contributed by atoms with Gasteiger partial charge in [-0.3, -0.25) is 0 Å². The van der Waals surface area contributed by atoms with E-state index in [0.29, 0.717) is 5.92 Å². The maximum absolute atomic E-state index is 8.82. The van der Waals surface area contributed by atoms with Crippen LogP contribution in [0.2, 0.25) is 0 Å². The summed E-state index contributed by atoms with van der Waals surface area (Å²) in [5, 5.41) is 8.82. The molecule has 2 heteroatoms. The van der Waals surface area contributed by atoms with Gasteiger partial charge < -0.3 is 4.74 Å². The van der Waals surface area contributed by atoms with Gasteiger partial charge in [0.15, 0.2) is 6.10 Å². The minimum Gasteiger partial charge on any atom is -0.475 e. The van der Waals surface area contributed by atoms with Crippen molar-refractivity contribution >= 4 is 0 Å². The molecule has 0 radical (unpaired) electrons. The maximum atomic E-state index is 8.82. The zero-order valence-corrected chi connectivity index (χ0v) is 7.31. The Morgan fingerprint density at radius 3 is 2.54 bits per heavy atom. The minimum absolute atomic E-state index is 0.248. The second-order valence-electron chi connectivity index (χ2n) is 3.32. The highest BCUT2D eigenvalue weighted by molar-refractivity contribution is 5.22. The SMILES string of the molecule is N#CC(Oc1ccccc1)C1CC1. The summed E-state index contributed by atoms with van der Waals surface area (Å²) >= 11 is 0. The lowest BCUT2D eigenvalue weighted by atomic mass is 10.2. The molecule has 0 spiro atoms. The van der Waals surface area contributed by atoms with E-state index in [1.165, 1.54) is 0 Å². The molecule has 1 unspecified atom stereocenters. The molecule has 0 amide bonds. The van der Waals surface area contributed by atoms with E-state index >= 15 is 0 Å². The Hall–Kier alpha value is -1.49. The summed E-state index contributed by atoms with van der Waals surface area (Å²) in [5.41, 5.74) is 0. The van der Waals surface area contributed by atoms with Crippen LogP contribution in [0.5, 0.6) is 5.75 Å². The van der Waals surface area contributed by atoms with Gasteiger partial charge in [0.1, 0.15) is 11.8 Å². The fourth-order valence-corrected chi connectivity index (χ4v) is 1.27. The van der Waals surface area contributed by atoms with Gasteiger partial charge in [0, 0.05) is 5.92 Å². The number of nitriles is 1. The van der Waals surface area contributed by atoms with Gasteiger partial charge in [-0.1, -0.05) is 18.2 Å². The summed E-state index contributed by atoms with van der Waals surface area (Å²) in [6.07, 6.45) is 2.01. The van der Waals surface area contributed by atoms with Crippen LogP contribution in [0, 0.1) is 17.2 Å². The molecule has 1 atom stereocenters. The quantitative estimate of drug-likeness (QED) is 0.703. The average molecular weight is 173 g/mol. The van der Waals surface area contributed by atoms with Gasteiger partial charge >= 0.3 is 0 Å². The standard InChI is InChI=1S/C11H11NO/c12-8-11(9-6-7-9)13-10-4-2-1-3-5-10/h1-5,9,11H,6-7H2. The smallest absolute Gasteiger partial charge is 0.187 e. The third-order valence-electron chi connectivity index (χ3n) is 2.18. The maximum Gasteiger partial charge on any atom is 0.187 e. The lowest BCUT2D eigenvalue weighted by molar-refractivity contribution is 0.233. The Bertz CT molecular complexity index is 311. The minimum atomic E-state index is -0.248. The molecular formula is C11H11NO. The first-order valence-electron chi connectivity index (χ1n) is 4.51. The van der Waals surface area contributed by atoms with Gasteiger partial charge in [0.25, 0.3) is 0 Å². The second kappa shape index (κ2) is 3.49. The summed E-state index contributed by atoms with van der Waals surface area (Å²) < 4.78 is 5.53. The van der Waals surface area contributed by atoms with Crippen molar-refractivity contribution in [3.63, 3.8) is 0 Å². The molecule has 0 bridgehead atoms. The average Bonchev–Trinajstić information content (AvgIpc) is 2.99. The van der Waals surface area contributed by atoms with E-state index in [1.807, 2.05) is 30.3 Å².